The fourth-order valence-corrected chi connectivity index (χ4v) is 3.51. The number of hydrogen-bond donors (Lipinski definition) is 2. The molecule has 7 heteroatoms. The van der Waals surface area contributed by atoms with Crippen LogP contribution in [0.3, 0.4) is 0 Å². The van der Waals surface area contributed by atoms with Crippen molar-refractivity contribution in [3.63, 3.8) is 0 Å². The highest BCUT2D eigenvalue weighted by atomic mass is 32.2. The van der Waals surface area contributed by atoms with Crippen LogP contribution in [0.25, 0.3) is 0 Å². The van der Waals surface area contributed by atoms with E-state index in [1.54, 1.807) is 4.90 Å². The van der Waals surface area contributed by atoms with Gasteiger partial charge in [-0.15, -0.1) is 0 Å². The van der Waals surface area contributed by atoms with E-state index in [4.69, 9.17) is 10.9 Å². The zero-order valence-corrected chi connectivity index (χ0v) is 11.2. The molecule has 1 aliphatic heterocycles. The Morgan fingerprint density at radius 2 is 1.84 bits per heavy atom. The lowest BCUT2D eigenvalue weighted by molar-refractivity contribution is -0.138. The summed E-state index contributed by atoms with van der Waals surface area (Å²) in [5.74, 6) is -0.347. The average Bonchev–Trinajstić information content (AvgIpc) is 2.35. The minimum Gasteiger partial charge on any atom is -0.329 e. The van der Waals surface area contributed by atoms with Gasteiger partial charge in [0.2, 0.25) is 10.0 Å². The topological polar surface area (TPSA) is 106 Å². The second kappa shape index (κ2) is 5.38. The van der Waals surface area contributed by atoms with Gasteiger partial charge in [-0.2, -0.15) is 0 Å². The zero-order chi connectivity index (χ0) is 14.0. The Kier molecular flexibility index (Phi) is 4.00. The lowest BCUT2D eigenvalue weighted by atomic mass is 9.93. The minimum atomic E-state index is -3.89. The molecule has 4 N–H and O–H groups in total. The number of sulfonamides is 1. The van der Waals surface area contributed by atoms with Gasteiger partial charge >= 0.3 is 0 Å². The van der Waals surface area contributed by atoms with E-state index in [1.807, 2.05) is 30.3 Å². The second-order valence-electron chi connectivity index (χ2n) is 4.58. The molecule has 1 aromatic rings. The summed E-state index contributed by atoms with van der Waals surface area (Å²) in [5, 5.41) is 3.84. The largest absolute Gasteiger partial charge is 0.329 e. The molecule has 1 saturated heterocycles. The first-order valence-electron chi connectivity index (χ1n) is 6.00. The maximum Gasteiger partial charge on any atom is 0.232 e. The molecule has 0 amide bonds. The van der Waals surface area contributed by atoms with Gasteiger partial charge in [-0.05, 0) is 12.0 Å². The Bertz CT molecular complexity index is 559. The van der Waals surface area contributed by atoms with E-state index in [1.165, 1.54) is 0 Å². The molecule has 1 fully saturated rings. The van der Waals surface area contributed by atoms with Crippen LogP contribution >= 0.6 is 0 Å². The number of primary sulfonamides is 1. The van der Waals surface area contributed by atoms with Gasteiger partial charge in [-0.25, -0.2) is 13.6 Å². The highest BCUT2D eigenvalue weighted by molar-refractivity contribution is 7.90. The number of hydrogen-bond acceptors (Lipinski definition) is 5. The maximum atomic E-state index is 12.0. The number of carbonyl (C=O) groups excluding carboxylic acids is 1. The van der Waals surface area contributed by atoms with Gasteiger partial charge in [-0.3, -0.25) is 9.69 Å². The fraction of sp³-hybridized carbons (Fsp3) is 0.417. The molecule has 0 radical (unpaired) electrons. The first-order chi connectivity index (χ1) is 8.95. The molecule has 2 rings (SSSR count). The van der Waals surface area contributed by atoms with Crippen molar-refractivity contribution in [1.29, 1.82) is 0 Å². The number of rotatable bonds is 5. The first kappa shape index (κ1) is 14.1. The highest BCUT2D eigenvalue weighted by Gasteiger charge is 2.52. The fourth-order valence-electron chi connectivity index (χ4n) is 2.40. The van der Waals surface area contributed by atoms with E-state index in [0.717, 1.165) is 5.56 Å². The smallest absolute Gasteiger partial charge is 0.232 e. The van der Waals surface area contributed by atoms with Crippen molar-refractivity contribution in [1.82, 2.24) is 4.90 Å². The predicted octanol–water partition coefficient (Wildman–Crippen LogP) is -0.944. The molecule has 0 spiro atoms. The van der Waals surface area contributed by atoms with Gasteiger partial charge in [0.1, 0.15) is 0 Å². The molecular weight excluding hydrogens is 266 g/mol. The Balaban J connectivity index is 2.16. The molecule has 1 heterocycles. The number of nitrogens with zero attached hydrogens (tertiary/aromatic N) is 1. The van der Waals surface area contributed by atoms with Crippen LogP contribution in [0.1, 0.15) is 5.56 Å². The number of carbonyl (C=O) groups is 1. The van der Waals surface area contributed by atoms with Crippen LogP contribution in [0, 0.1) is 0 Å². The Morgan fingerprint density at radius 3 is 2.37 bits per heavy atom. The Labute approximate surface area is 112 Å². The van der Waals surface area contributed by atoms with Crippen molar-refractivity contribution in [2.75, 3.05) is 13.1 Å². The molecule has 0 bridgehead atoms. The van der Waals surface area contributed by atoms with E-state index in [2.05, 4.69) is 0 Å². The molecule has 2 atom stereocenters. The van der Waals surface area contributed by atoms with E-state index >= 15 is 0 Å². The number of likely N-dealkylation sites (tertiary alicyclic amines) is 1. The molecule has 1 unspecified atom stereocenters. The van der Waals surface area contributed by atoms with Crippen LogP contribution in [0.15, 0.2) is 30.3 Å². The highest BCUT2D eigenvalue weighted by Crippen LogP contribution is 2.27. The maximum absolute atomic E-state index is 12.0. The van der Waals surface area contributed by atoms with Gasteiger partial charge in [0, 0.05) is 13.1 Å². The standard InChI is InChI=1S/C12H17N3O3S/c13-6-7-15-10(8-9-4-2-1-3-5-9)11(16)12(15)19(14,17)18/h1-5,10,12H,6-8,13H2,(H2,14,17,18)/t10-,12?/m0/s1. The number of ketones is 1. The van der Waals surface area contributed by atoms with Crippen LogP contribution in [-0.4, -0.2) is 43.6 Å². The van der Waals surface area contributed by atoms with Crippen LogP contribution in [-0.2, 0) is 21.2 Å². The van der Waals surface area contributed by atoms with Crippen molar-refractivity contribution in [3.05, 3.63) is 35.9 Å². The first-order valence-corrected chi connectivity index (χ1v) is 7.61. The molecule has 6 nitrogen and oxygen atoms in total. The van der Waals surface area contributed by atoms with Gasteiger partial charge in [0.15, 0.2) is 11.2 Å². The molecular formula is C12H17N3O3S. The van der Waals surface area contributed by atoms with Crippen molar-refractivity contribution in [2.45, 2.75) is 17.8 Å². The molecule has 0 saturated carbocycles. The monoisotopic (exact) mass is 283 g/mol. The second-order valence-corrected chi connectivity index (χ2v) is 6.20. The summed E-state index contributed by atoms with van der Waals surface area (Å²) < 4.78 is 22.8. The summed E-state index contributed by atoms with van der Waals surface area (Å²) >= 11 is 0. The van der Waals surface area contributed by atoms with Gasteiger partial charge in [0.05, 0.1) is 6.04 Å². The summed E-state index contributed by atoms with van der Waals surface area (Å²) in [4.78, 5) is 13.5. The molecule has 0 aromatic heterocycles. The molecule has 0 aliphatic carbocycles. The Hall–Kier alpha value is -1.28. The third-order valence-electron chi connectivity index (χ3n) is 3.24. The molecule has 1 aliphatic rings. The molecule has 104 valence electrons. The van der Waals surface area contributed by atoms with Crippen molar-refractivity contribution in [2.24, 2.45) is 10.9 Å². The van der Waals surface area contributed by atoms with E-state index < -0.39 is 21.4 Å². The van der Waals surface area contributed by atoms with Crippen LogP contribution in [0.4, 0.5) is 0 Å². The summed E-state index contributed by atoms with van der Waals surface area (Å²) in [6.07, 6.45) is 0.478. The Morgan fingerprint density at radius 1 is 1.21 bits per heavy atom. The van der Waals surface area contributed by atoms with Crippen LogP contribution < -0.4 is 10.9 Å². The zero-order valence-electron chi connectivity index (χ0n) is 10.4. The summed E-state index contributed by atoms with van der Waals surface area (Å²) in [6, 6.07) is 8.99. The van der Waals surface area contributed by atoms with Crippen molar-refractivity contribution in [3.8, 4) is 0 Å². The normalized spacial score (nSPS) is 24.2. The third-order valence-corrected chi connectivity index (χ3v) is 4.37. The van der Waals surface area contributed by atoms with Crippen molar-refractivity contribution >= 4 is 15.8 Å². The van der Waals surface area contributed by atoms with E-state index in [9.17, 15) is 13.2 Å². The predicted molar refractivity (Wildman–Crippen MR) is 71.6 cm³/mol. The van der Waals surface area contributed by atoms with Crippen LogP contribution in [0.5, 0.6) is 0 Å². The lowest BCUT2D eigenvalue weighted by Crippen LogP contribution is -2.70. The number of benzene rings is 1. The summed E-state index contributed by atoms with van der Waals surface area (Å²) in [6.45, 7) is 0.620. The molecule has 19 heavy (non-hydrogen) atoms. The van der Waals surface area contributed by atoms with Gasteiger partial charge < -0.3 is 5.73 Å². The minimum absolute atomic E-state index is 0.282. The lowest BCUT2D eigenvalue weighted by Gasteiger charge is -2.45. The number of Topliss-reactive ketones (excluding diaryl/α,β-unsaturated/α-hetero) is 1. The average molecular weight is 283 g/mol. The SMILES string of the molecule is NCCN1C(S(N)(=O)=O)C(=O)[C@@H]1Cc1ccccc1. The van der Waals surface area contributed by atoms with Gasteiger partial charge in [0.25, 0.3) is 0 Å². The van der Waals surface area contributed by atoms with Gasteiger partial charge in [-0.1, -0.05) is 30.3 Å². The van der Waals surface area contributed by atoms with Crippen LogP contribution in [0.2, 0.25) is 0 Å². The summed E-state index contributed by atoms with van der Waals surface area (Å²) in [5.41, 5.74) is 6.44. The number of nitrogens with two attached hydrogens (primary N) is 2. The summed E-state index contributed by atoms with van der Waals surface area (Å²) in [7, 11) is -3.89. The quantitative estimate of drug-likeness (QED) is 0.725. The van der Waals surface area contributed by atoms with E-state index in [0.29, 0.717) is 13.0 Å². The van der Waals surface area contributed by atoms with Crippen molar-refractivity contribution < 1.29 is 13.2 Å². The third kappa shape index (κ3) is 2.84. The van der Waals surface area contributed by atoms with E-state index in [-0.39, 0.29) is 12.3 Å². The molecule has 1 aromatic carbocycles.